The third-order valence-corrected chi connectivity index (χ3v) is 2.57. The van der Waals surface area contributed by atoms with E-state index in [0.29, 0.717) is 11.6 Å². The predicted molar refractivity (Wildman–Crippen MR) is 52.1 cm³/mol. The highest BCUT2D eigenvalue weighted by molar-refractivity contribution is 6.33. The van der Waals surface area contributed by atoms with E-state index in [4.69, 9.17) is 11.6 Å². The fourth-order valence-corrected chi connectivity index (χ4v) is 1.79. The van der Waals surface area contributed by atoms with Crippen LogP contribution in [0.1, 0.15) is 6.42 Å². The standard InChI is InChI=1S/C9H11ClN2O/c10-8-1-3-11-5-9(8)12-4-2-7(13)6-12/h1,3,5,7,13H,2,4,6H2. The van der Waals surface area contributed by atoms with Crippen LogP contribution in [0.4, 0.5) is 5.69 Å². The Labute approximate surface area is 82.0 Å². The van der Waals surface area contributed by atoms with Crippen molar-refractivity contribution in [3.8, 4) is 0 Å². The van der Waals surface area contributed by atoms with Gasteiger partial charge in [-0.2, -0.15) is 0 Å². The lowest BCUT2D eigenvalue weighted by Crippen LogP contribution is -2.21. The molecule has 0 spiro atoms. The fourth-order valence-electron chi connectivity index (χ4n) is 1.56. The number of anilines is 1. The highest BCUT2D eigenvalue weighted by atomic mass is 35.5. The second-order valence-corrected chi connectivity index (χ2v) is 3.62. The van der Waals surface area contributed by atoms with E-state index >= 15 is 0 Å². The second-order valence-electron chi connectivity index (χ2n) is 3.22. The molecule has 70 valence electrons. The summed E-state index contributed by atoms with van der Waals surface area (Å²) in [5, 5.41) is 10.0. The molecule has 1 unspecified atom stereocenters. The Morgan fingerprint density at radius 3 is 3.08 bits per heavy atom. The van der Waals surface area contributed by atoms with Gasteiger partial charge in [0.05, 0.1) is 23.0 Å². The van der Waals surface area contributed by atoms with Gasteiger partial charge in [0.1, 0.15) is 0 Å². The van der Waals surface area contributed by atoms with Crippen molar-refractivity contribution in [1.29, 1.82) is 0 Å². The quantitative estimate of drug-likeness (QED) is 0.739. The number of rotatable bonds is 1. The lowest BCUT2D eigenvalue weighted by Gasteiger charge is -2.18. The maximum Gasteiger partial charge on any atom is 0.0742 e. The molecule has 0 bridgehead atoms. The number of aliphatic hydroxyl groups is 1. The van der Waals surface area contributed by atoms with Gasteiger partial charge in [0.2, 0.25) is 0 Å². The molecule has 2 heterocycles. The number of hydrogen-bond acceptors (Lipinski definition) is 3. The normalized spacial score (nSPS) is 22.3. The summed E-state index contributed by atoms with van der Waals surface area (Å²) < 4.78 is 0. The van der Waals surface area contributed by atoms with Gasteiger partial charge >= 0.3 is 0 Å². The van der Waals surface area contributed by atoms with Crippen molar-refractivity contribution in [2.24, 2.45) is 0 Å². The van der Waals surface area contributed by atoms with E-state index in [1.165, 1.54) is 0 Å². The third-order valence-electron chi connectivity index (χ3n) is 2.25. The molecule has 3 nitrogen and oxygen atoms in total. The van der Waals surface area contributed by atoms with Crippen molar-refractivity contribution in [1.82, 2.24) is 4.98 Å². The second kappa shape index (κ2) is 3.52. The minimum absolute atomic E-state index is 0.226. The molecular weight excluding hydrogens is 188 g/mol. The third kappa shape index (κ3) is 1.76. The van der Waals surface area contributed by atoms with Crippen LogP contribution in [0.25, 0.3) is 0 Å². The van der Waals surface area contributed by atoms with E-state index in [2.05, 4.69) is 9.88 Å². The number of hydrogen-bond donors (Lipinski definition) is 1. The van der Waals surface area contributed by atoms with Crippen molar-refractivity contribution in [3.05, 3.63) is 23.5 Å². The van der Waals surface area contributed by atoms with Crippen LogP contribution in [0.15, 0.2) is 18.5 Å². The summed E-state index contributed by atoms with van der Waals surface area (Å²) in [7, 11) is 0. The zero-order valence-corrected chi connectivity index (χ0v) is 7.91. The van der Waals surface area contributed by atoms with Crippen LogP contribution in [0, 0.1) is 0 Å². The summed E-state index contributed by atoms with van der Waals surface area (Å²) in [6.07, 6.45) is 3.99. The maximum atomic E-state index is 9.35. The van der Waals surface area contributed by atoms with Gasteiger partial charge in [-0.05, 0) is 12.5 Å². The van der Waals surface area contributed by atoms with Crippen LogP contribution in [0.5, 0.6) is 0 Å². The Balaban J connectivity index is 2.21. The molecule has 1 aromatic rings. The fraction of sp³-hybridized carbons (Fsp3) is 0.444. The molecule has 1 aliphatic rings. The van der Waals surface area contributed by atoms with E-state index in [1.807, 2.05) is 0 Å². The van der Waals surface area contributed by atoms with Crippen LogP contribution >= 0.6 is 11.6 Å². The Morgan fingerprint density at radius 1 is 1.62 bits per heavy atom. The van der Waals surface area contributed by atoms with E-state index in [0.717, 1.165) is 18.7 Å². The Hall–Kier alpha value is -0.800. The molecule has 1 N–H and O–H groups in total. The van der Waals surface area contributed by atoms with Crippen LogP contribution < -0.4 is 4.90 Å². The average Bonchev–Trinajstić information content (AvgIpc) is 2.53. The smallest absolute Gasteiger partial charge is 0.0742 e. The van der Waals surface area contributed by atoms with Gasteiger partial charge in [-0.3, -0.25) is 4.98 Å². The summed E-state index contributed by atoms with van der Waals surface area (Å²) in [4.78, 5) is 6.06. The minimum atomic E-state index is -0.226. The molecule has 1 saturated heterocycles. The van der Waals surface area contributed by atoms with Crippen molar-refractivity contribution < 1.29 is 5.11 Å². The number of nitrogens with zero attached hydrogens (tertiary/aromatic N) is 2. The van der Waals surface area contributed by atoms with E-state index in [-0.39, 0.29) is 6.10 Å². The Kier molecular flexibility index (Phi) is 2.38. The summed E-state index contributed by atoms with van der Waals surface area (Å²) >= 11 is 5.99. The van der Waals surface area contributed by atoms with Gasteiger partial charge in [-0.1, -0.05) is 11.6 Å². The molecule has 0 saturated carbocycles. The van der Waals surface area contributed by atoms with Gasteiger partial charge in [-0.15, -0.1) is 0 Å². The lowest BCUT2D eigenvalue weighted by atomic mass is 10.3. The van der Waals surface area contributed by atoms with Crippen molar-refractivity contribution >= 4 is 17.3 Å². The number of β-amino-alcohol motifs (C(OH)–C–C–N with tert-alkyl or cyclic N) is 1. The van der Waals surface area contributed by atoms with Crippen molar-refractivity contribution in [2.45, 2.75) is 12.5 Å². The summed E-state index contributed by atoms with van der Waals surface area (Å²) in [6.45, 7) is 1.51. The molecule has 2 rings (SSSR count). The zero-order valence-electron chi connectivity index (χ0n) is 7.15. The van der Waals surface area contributed by atoms with Crippen molar-refractivity contribution in [3.63, 3.8) is 0 Å². The highest BCUT2D eigenvalue weighted by Gasteiger charge is 2.21. The van der Waals surface area contributed by atoms with Gasteiger partial charge in [0.15, 0.2) is 0 Å². The first-order valence-electron chi connectivity index (χ1n) is 4.30. The van der Waals surface area contributed by atoms with E-state index in [1.54, 1.807) is 18.5 Å². The first-order valence-corrected chi connectivity index (χ1v) is 4.67. The maximum absolute atomic E-state index is 9.35. The molecule has 0 radical (unpaired) electrons. The van der Waals surface area contributed by atoms with E-state index < -0.39 is 0 Å². The van der Waals surface area contributed by atoms with Crippen LogP contribution in [-0.2, 0) is 0 Å². The summed E-state index contributed by atoms with van der Waals surface area (Å²) in [5.41, 5.74) is 0.917. The van der Waals surface area contributed by atoms with Gasteiger partial charge in [-0.25, -0.2) is 0 Å². The predicted octanol–water partition coefficient (Wildman–Crippen LogP) is 1.31. The largest absolute Gasteiger partial charge is 0.391 e. The van der Waals surface area contributed by atoms with Crippen molar-refractivity contribution in [2.75, 3.05) is 18.0 Å². The molecule has 4 heteroatoms. The number of halogens is 1. The van der Waals surface area contributed by atoms with Gasteiger partial charge in [0.25, 0.3) is 0 Å². The monoisotopic (exact) mass is 198 g/mol. The SMILES string of the molecule is OC1CCN(c2cnccc2Cl)C1. The van der Waals surface area contributed by atoms with Crippen LogP contribution in [-0.4, -0.2) is 29.3 Å². The molecule has 1 fully saturated rings. The molecule has 0 amide bonds. The Morgan fingerprint density at radius 2 is 2.46 bits per heavy atom. The minimum Gasteiger partial charge on any atom is -0.391 e. The number of aliphatic hydroxyl groups excluding tert-OH is 1. The van der Waals surface area contributed by atoms with Gasteiger partial charge in [0, 0.05) is 19.3 Å². The zero-order chi connectivity index (χ0) is 9.26. The molecular formula is C9H11ClN2O. The highest BCUT2D eigenvalue weighted by Crippen LogP contribution is 2.26. The van der Waals surface area contributed by atoms with Crippen LogP contribution in [0.3, 0.4) is 0 Å². The molecule has 0 aromatic carbocycles. The first-order chi connectivity index (χ1) is 6.27. The van der Waals surface area contributed by atoms with E-state index in [9.17, 15) is 5.11 Å². The Bertz CT molecular complexity index is 305. The first kappa shape index (κ1) is 8.78. The summed E-state index contributed by atoms with van der Waals surface area (Å²) in [5.74, 6) is 0. The molecule has 1 aromatic heterocycles. The molecule has 1 atom stereocenters. The molecule has 1 aliphatic heterocycles. The molecule has 0 aliphatic carbocycles. The summed E-state index contributed by atoms with van der Waals surface area (Å²) in [6, 6.07) is 1.77. The topological polar surface area (TPSA) is 36.4 Å². The lowest BCUT2D eigenvalue weighted by molar-refractivity contribution is 0.198. The average molecular weight is 199 g/mol. The molecule has 13 heavy (non-hydrogen) atoms. The number of pyridine rings is 1. The van der Waals surface area contributed by atoms with Crippen LogP contribution in [0.2, 0.25) is 5.02 Å². The number of aromatic nitrogens is 1. The van der Waals surface area contributed by atoms with Gasteiger partial charge < -0.3 is 10.0 Å².